The Labute approximate surface area is 519 Å². The first-order chi connectivity index (χ1) is 41.3. The first-order valence-electron chi connectivity index (χ1n) is 30.6. The van der Waals surface area contributed by atoms with Crippen molar-refractivity contribution in [3.63, 3.8) is 0 Å². The first kappa shape index (κ1) is 74.7. The third-order valence-electron chi connectivity index (χ3n) is 17.2. The Kier molecular flexibility index (Phi) is 28.4. The standard InChI is InChI=1S/C64H102O24/c1-32-20-19-21-46(68)49(75-16)28-51(85-61(71)36(5)26-34(3)24-33(2)25-35(4)47(23-22-32)86-62-58(82-43(12)66)57(81-42(11)65)56(77-18)40(9)80-62)60(83-44(13)67)64(73)38(7)54(69)37(6)48(88-64)27-45(31-74-15)84-53-30-63(14,72)59(41(10)79-53)87-52-29-50(76-17)55(70)39(8)78-52/h20,22-26,35,37-41,45-60,62,68-70,72-73H,19,21,27-31H2,1-18H3/b23-22+,32-20+,33-25+,34-24+,36-26+/t35-,37+,38-,39-,40+,41+,45-,46+,47-,48-,49+,50-,51+,52+,53+,54+,55-,56+,57-,58+,59+,60-,62+,63+,64-/m1/s1. The molecular formula is C64H102O24. The van der Waals surface area contributed by atoms with Gasteiger partial charge in [-0.15, -0.1) is 0 Å². The maximum Gasteiger partial charge on any atom is 0.334 e. The summed E-state index contributed by atoms with van der Waals surface area (Å²) in [6, 6.07) is 0. The highest BCUT2D eigenvalue weighted by Gasteiger charge is 2.60. The molecule has 0 aromatic rings. The van der Waals surface area contributed by atoms with Crippen LogP contribution in [0.2, 0.25) is 0 Å². The van der Waals surface area contributed by atoms with Crippen LogP contribution < -0.4 is 0 Å². The van der Waals surface area contributed by atoms with Crippen LogP contribution in [0.4, 0.5) is 0 Å². The van der Waals surface area contributed by atoms with Crippen molar-refractivity contribution in [3.8, 4) is 0 Å². The zero-order valence-corrected chi connectivity index (χ0v) is 54.7. The number of hydrogen-bond acceptors (Lipinski definition) is 24. The molecule has 0 aliphatic carbocycles. The average molecular weight is 1260 g/mol. The van der Waals surface area contributed by atoms with Gasteiger partial charge in [-0.2, -0.15) is 0 Å². The van der Waals surface area contributed by atoms with E-state index in [1.807, 2.05) is 51.2 Å². The van der Waals surface area contributed by atoms with Gasteiger partial charge in [-0.25, -0.2) is 4.79 Å². The number of allylic oxidation sites excluding steroid dienone is 7. The monoisotopic (exact) mass is 1250 g/mol. The zero-order valence-electron chi connectivity index (χ0n) is 54.7. The van der Waals surface area contributed by atoms with Gasteiger partial charge in [0.15, 0.2) is 37.2 Å². The number of rotatable bonds is 18. The third kappa shape index (κ3) is 20.0. The van der Waals surface area contributed by atoms with Gasteiger partial charge in [0.25, 0.3) is 0 Å². The number of methoxy groups -OCH3 is 4. The molecule has 25 atom stereocenters. The fourth-order valence-electron chi connectivity index (χ4n) is 12.5. The number of esters is 4. The minimum Gasteiger partial charge on any atom is -0.455 e. The average Bonchev–Trinajstić information content (AvgIpc) is 1.27. The van der Waals surface area contributed by atoms with Crippen LogP contribution in [0.1, 0.15) is 135 Å². The molecule has 88 heavy (non-hydrogen) atoms. The number of hydrogen-bond donors (Lipinski definition) is 5. The van der Waals surface area contributed by atoms with E-state index in [-0.39, 0.29) is 50.2 Å². The highest BCUT2D eigenvalue weighted by Crippen LogP contribution is 2.44. The van der Waals surface area contributed by atoms with Crippen LogP contribution in [0.15, 0.2) is 58.7 Å². The molecule has 24 nitrogen and oxygen atoms in total. The van der Waals surface area contributed by atoms with E-state index in [1.165, 1.54) is 56.1 Å². The van der Waals surface area contributed by atoms with Gasteiger partial charge in [-0.3, -0.25) is 14.4 Å². The van der Waals surface area contributed by atoms with E-state index in [0.717, 1.165) is 18.1 Å². The van der Waals surface area contributed by atoms with E-state index < -0.39 is 170 Å². The van der Waals surface area contributed by atoms with Crippen molar-refractivity contribution in [2.75, 3.05) is 35.0 Å². The van der Waals surface area contributed by atoms with Gasteiger partial charge >= 0.3 is 23.9 Å². The SMILES string of the molecule is COC[C@@H](C[C@H]1O[C@@](O)([C@H](OC(C)=O)[C@@H]2C[C@H](OC)[C@@H](O)CC/C=C(C)/C=C/[C@@H](O[C@@H]3O[C@@H](C)[C@H](OC)[C@@H](OC(C)=O)[C@@H]3OC(C)=O)[C@H](C)/C=C(C)/C=C(C)/C=C(\C)C(=O)O2)[C@H](C)[C@@H](O)[C@H]1C)O[C@H]1C[C@](C)(O)[C@@H](O[C@H]2C[C@@H](OC)[C@H](O)[C@@H](C)O2)[C@H](C)O1. The van der Waals surface area contributed by atoms with Crippen LogP contribution in [0.5, 0.6) is 0 Å². The van der Waals surface area contributed by atoms with Crippen molar-refractivity contribution < 1.29 is 116 Å². The van der Waals surface area contributed by atoms with Crippen molar-refractivity contribution in [3.05, 3.63) is 58.7 Å². The maximum atomic E-state index is 14.5. The van der Waals surface area contributed by atoms with Gasteiger partial charge in [-0.1, -0.05) is 67.9 Å². The first-order valence-corrected chi connectivity index (χ1v) is 30.6. The van der Waals surface area contributed by atoms with Crippen LogP contribution in [0, 0.1) is 17.8 Å². The molecule has 0 radical (unpaired) electrons. The second-order valence-electron chi connectivity index (χ2n) is 24.7. The lowest BCUT2D eigenvalue weighted by atomic mass is 9.76. The third-order valence-corrected chi connectivity index (χ3v) is 17.2. The molecule has 5 heterocycles. The quantitative estimate of drug-likeness (QED) is 0.0859. The normalized spacial score (nSPS) is 42.9. The van der Waals surface area contributed by atoms with Gasteiger partial charge in [0.2, 0.25) is 5.79 Å². The zero-order chi connectivity index (χ0) is 65.7. The minimum atomic E-state index is -2.57. The molecule has 0 saturated carbocycles. The fourth-order valence-corrected chi connectivity index (χ4v) is 12.5. The summed E-state index contributed by atoms with van der Waals surface area (Å²) in [6.45, 7) is 22.6. The molecule has 4 saturated heterocycles. The summed E-state index contributed by atoms with van der Waals surface area (Å²) >= 11 is 0. The van der Waals surface area contributed by atoms with Crippen LogP contribution in [-0.2, 0) is 90.2 Å². The fraction of sp³-hybridized carbons (Fsp3) is 0.781. The van der Waals surface area contributed by atoms with Crippen LogP contribution in [0.25, 0.3) is 0 Å². The molecule has 0 unspecified atom stereocenters. The van der Waals surface area contributed by atoms with Crippen molar-refractivity contribution in [2.45, 2.75) is 269 Å². The van der Waals surface area contributed by atoms with E-state index >= 15 is 0 Å². The molecular weight excluding hydrogens is 1150 g/mol. The number of carbonyl (C=O) groups is 4. The predicted octanol–water partition coefficient (Wildman–Crippen LogP) is 5.30. The lowest BCUT2D eigenvalue weighted by Crippen LogP contribution is -2.66. The van der Waals surface area contributed by atoms with Gasteiger partial charge < -0.3 is 96.6 Å². The number of carbonyl (C=O) groups excluding carboxylic acids is 4. The molecule has 0 aromatic carbocycles. The Bertz CT molecular complexity index is 2440. The van der Waals surface area contributed by atoms with Crippen molar-refractivity contribution >= 4 is 23.9 Å². The molecule has 5 aliphatic heterocycles. The smallest absolute Gasteiger partial charge is 0.334 e. The summed E-state index contributed by atoms with van der Waals surface area (Å²) in [5.41, 5.74) is 0.764. The lowest BCUT2D eigenvalue weighted by Gasteiger charge is -2.52. The Morgan fingerprint density at radius 3 is 1.98 bits per heavy atom. The van der Waals surface area contributed by atoms with Crippen molar-refractivity contribution in [2.24, 2.45) is 17.8 Å². The summed E-state index contributed by atoms with van der Waals surface area (Å²) in [5, 5.41) is 59.5. The molecule has 502 valence electrons. The van der Waals surface area contributed by atoms with Crippen LogP contribution in [0.3, 0.4) is 0 Å². The summed E-state index contributed by atoms with van der Waals surface area (Å²) < 4.78 is 90.9. The lowest BCUT2D eigenvalue weighted by molar-refractivity contribution is -0.366. The van der Waals surface area contributed by atoms with E-state index in [9.17, 15) is 44.7 Å². The van der Waals surface area contributed by atoms with E-state index in [0.29, 0.717) is 12.0 Å². The second-order valence-corrected chi connectivity index (χ2v) is 24.7. The van der Waals surface area contributed by atoms with Gasteiger partial charge in [0.1, 0.15) is 24.4 Å². The molecule has 5 aliphatic rings. The molecule has 0 aromatic heterocycles. The molecule has 4 fully saturated rings. The summed E-state index contributed by atoms with van der Waals surface area (Å²) in [4.78, 5) is 52.6. The maximum absolute atomic E-state index is 14.5. The van der Waals surface area contributed by atoms with Crippen molar-refractivity contribution in [1.29, 1.82) is 0 Å². The highest BCUT2D eigenvalue weighted by molar-refractivity contribution is 5.88. The van der Waals surface area contributed by atoms with E-state index in [2.05, 4.69) is 0 Å². The highest BCUT2D eigenvalue weighted by atomic mass is 16.7. The molecule has 24 heteroatoms. The van der Waals surface area contributed by atoms with Crippen LogP contribution in [-0.4, -0.2) is 218 Å². The predicted molar refractivity (Wildman–Crippen MR) is 316 cm³/mol. The van der Waals surface area contributed by atoms with Gasteiger partial charge in [0.05, 0.1) is 73.2 Å². The second kappa shape index (κ2) is 33.5. The van der Waals surface area contributed by atoms with Crippen LogP contribution >= 0.6 is 0 Å². The van der Waals surface area contributed by atoms with Crippen molar-refractivity contribution in [1.82, 2.24) is 0 Å². The number of ether oxygens (including phenoxy) is 15. The van der Waals surface area contributed by atoms with E-state index in [4.69, 9.17) is 71.1 Å². The Morgan fingerprint density at radius 2 is 1.38 bits per heavy atom. The Balaban J connectivity index is 1.45. The molecule has 5 N–H and O–H groups in total. The molecule has 0 bridgehead atoms. The van der Waals surface area contributed by atoms with E-state index in [1.54, 1.807) is 47.6 Å². The molecule has 0 amide bonds. The van der Waals surface area contributed by atoms with Gasteiger partial charge in [0, 0.05) is 98.2 Å². The summed E-state index contributed by atoms with van der Waals surface area (Å²) in [6.07, 6.45) is -8.80. The van der Waals surface area contributed by atoms with Gasteiger partial charge in [-0.05, 0) is 74.3 Å². The summed E-state index contributed by atoms with van der Waals surface area (Å²) in [5.74, 6) is -7.85. The largest absolute Gasteiger partial charge is 0.455 e. The summed E-state index contributed by atoms with van der Waals surface area (Å²) in [7, 11) is 5.77. The topological polar surface area (TPSA) is 308 Å². The number of aliphatic hydroxyl groups is 5. The Hall–Kier alpha value is -4.06. The number of aliphatic hydroxyl groups excluding tert-OH is 3. The minimum absolute atomic E-state index is 0.0263. The molecule has 5 rings (SSSR count). The number of cyclic esters (lactones) is 1. The Morgan fingerprint density at radius 1 is 0.727 bits per heavy atom. The molecule has 0 spiro atoms.